The molecule has 21 heavy (non-hydrogen) atoms. The van der Waals surface area contributed by atoms with Gasteiger partial charge in [-0.15, -0.1) is 0 Å². The number of carbonyl (C=O) groups excluding carboxylic acids is 1. The van der Waals surface area contributed by atoms with Gasteiger partial charge in [-0.25, -0.2) is 0 Å². The van der Waals surface area contributed by atoms with Crippen LogP contribution in [0.5, 0.6) is 0 Å². The first-order chi connectivity index (χ1) is 9.95. The monoisotopic (exact) mass is 406 g/mol. The third kappa shape index (κ3) is 4.78. The van der Waals surface area contributed by atoms with E-state index in [2.05, 4.69) is 26.6 Å². The van der Waals surface area contributed by atoms with Crippen LogP contribution in [0.25, 0.3) is 0 Å². The lowest BCUT2D eigenvalue weighted by Gasteiger charge is -2.10. The third-order valence-electron chi connectivity index (χ3n) is 2.56. The molecule has 2 aromatic carbocycles. The fourth-order valence-electron chi connectivity index (χ4n) is 1.59. The number of amides is 1. The number of hydrogen-bond acceptors (Lipinski definition) is 2. The van der Waals surface area contributed by atoms with E-state index in [9.17, 15) is 4.79 Å². The van der Waals surface area contributed by atoms with E-state index in [0.29, 0.717) is 20.8 Å². The maximum atomic E-state index is 11.9. The molecule has 2 N–H and O–H groups in total. The Bertz CT molecular complexity index is 679. The molecule has 1 amide bonds. The number of benzene rings is 2. The highest BCUT2D eigenvalue weighted by Gasteiger charge is 2.09. The Labute approximate surface area is 145 Å². The predicted octanol–water partition coefficient (Wildman–Crippen LogP) is 5.46. The first kappa shape index (κ1) is 16.4. The second-order valence-corrected chi connectivity index (χ2v) is 6.30. The number of rotatable bonds is 4. The van der Waals surface area contributed by atoms with Crippen molar-refractivity contribution in [3.05, 3.63) is 55.9 Å². The summed E-state index contributed by atoms with van der Waals surface area (Å²) < 4.78 is 0.931. The van der Waals surface area contributed by atoms with Crippen LogP contribution in [0.15, 0.2) is 40.9 Å². The van der Waals surface area contributed by atoms with Gasteiger partial charge in [0, 0.05) is 10.2 Å². The van der Waals surface area contributed by atoms with Gasteiger partial charge >= 0.3 is 0 Å². The van der Waals surface area contributed by atoms with Crippen molar-refractivity contribution in [1.29, 1.82) is 0 Å². The maximum absolute atomic E-state index is 11.9. The zero-order valence-electron chi connectivity index (χ0n) is 10.6. The molecule has 110 valence electrons. The van der Waals surface area contributed by atoms with Crippen LogP contribution in [0.1, 0.15) is 0 Å². The van der Waals surface area contributed by atoms with E-state index < -0.39 is 0 Å². The quantitative estimate of drug-likeness (QED) is 0.660. The van der Waals surface area contributed by atoms with Gasteiger partial charge in [0.25, 0.3) is 0 Å². The average Bonchev–Trinajstić information content (AvgIpc) is 2.43. The molecule has 7 heteroatoms. The largest absolute Gasteiger partial charge is 0.376 e. The molecule has 0 fully saturated rings. The fourth-order valence-corrected chi connectivity index (χ4v) is 2.59. The molecule has 0 aliphatic heterocycles. The number of anilines is 2. The van der Waals surface area contributed by atoms with Crippen LogP contribution in [-0.4, -0.2) is 12.5 Å². The molecule has 0 spiro atoms. The van der Waals surface area contributed by atoms with Gasteiger partial charge in [-0.05, 0) is 30.3 Å². The van der Waals surface area contributed by atoms with Crippen molar-refractivity contribution in [3.8, 4) is 0 Å². The molecule has 0 atom stereocenters. The molecule has 0 aliphatic rings. The molecule has 0 saturated heterocycles. The Morgan fingerprint density at radius 3 is 2.48 bits per heavy atom. The minimum atomic E-state index is -0.240. The summed E-state index contributed by atoms with van der Waals surface area (Å²) >= 11 is 21.1. The summed E-state index contributed by atoms with van der Waals surface area (Å²) in [4.78, 5) is 11.9. The number of carbonyl (C=O) groups is 1. The van der Waals surface area contributed by atoms with Crippen LogP contribution in [-0.2, 0) is 4.79 Å². The van der Waals surface area contributed by atoms with Crippen molar-refractivity contribution in [1.82, 2.24) is 0 Å². The molecular weight excluding hydrogens is 398 g/mol. The lowest BCUT2D eigenvalue weighted by atomic mass is 10.3. The van der Waals surface area contributed by atoms with Gasteiger partial charge in [-0.3, -0.25) is 4.79 Å². The van der Waals surface area contributed by atoms with E-state index in [1.165, 1.54) is 12.1 Å². The van der Waals surface area contributed by atoms with E-state index in [4.69, 9.17) is 34.8 Å². The van der Waals surface area contributed by atoms with E-state index in [1.807, 2.05) is 24.3 Å². The summed E-state index contributed by atoms with van der Waals surface area (Å²) in [6, 6.07) is 10.5. The van der Waals surface area contributed by atoms with Crippen molar-refractivity contribution in [2.45, 2.75) is 0 Å². The smallest absolute Gasteiger partial charge is 0.243 e. The Hall–Kier alpha value is -0.940. The standard InChI is InChI=1S/C14H10BrCl3N2O/c15-8-2-1-3-9(4-8)19-7-14(21)20-13-6-11(17)10(16)5-12(13)18/h1-6,19H,7H2,(H,20,21). The highest BCUT2D eigenvalue weighted by molar-refractivity contribution is 9.10. The zero-order valence-corrected chi connectivity index (χ0v) is 14.4. The lowest BCUT2D eigenvalue weighted by molar-refractivity contribution is -0.114. The van der Waals surface area contributed by atoms with Crippen LogP contribution < -0.4 is 10.6 Å². The van der Waals surface area contributed by atoms with Gasteiger partial charge in [0.05, 0.1) is 27.3 Å². The molecule has 0 saturated carbocycles. The Morgan fingerprint density at radius 1 is 1.05 bits per heavy atom. The van der Waals surface area contributed by atoms with Crippen LogP contribution in [0.2, 0.25) is 15.1 Å². The Morgan fingerprint density at radius 2 is 1.76 bits per heavy atom. The summed E-state index contributed by atoms with van der Waals surface area (Å²) in [5, 5.41) is 6.68. The first-order valence-electron chi connectivity index (χ1n) is 5.89. The van der Waals surface area contributed by atoms with Crippen molar-refractivity contribution in [3.63, 3.8) is 0 Å². The molecule has 0 unspecified atom stereocenters. The van der Waals surface area contributed by atoms with Crippen LogP contribution >= 0.6 is 50.7 Å². The van der Waals surface area contributed by atoms with Gasteiger partial charge in [-0.1, -0.05) is 56.8 Å². The average molecular weight is 409 g/mol. The minimum Gasteiger partial charge on any atom is -0.376 e. The van der Waals surface area contributed by atoms with Crippen molar-refractivity contribution in [2.24, 2.45) is 0 Å². The van der Waals surface area contributed by atoms with Crippen LogP contribution in [0, 0.1) is 0 Å². The summed E-state index contributed by atoms with van der Waals surface area (Å²) in [6.07, 6.45) is 0. The molecule has 2 rings (SSSR count). The van der Waals surface area contributed by atoms with Gasteiger partial charge in [0.2, 0.25) is 5.91 Å². The maximum Gasteiger partial charge on any atom is 0.243 e. The molecule has 3 nitrogen and oxygen atoms in total. The van der Waals surface area contributed by atoms with Gasteiger partial charge < -0.3 is 10.6 Å². The highest BCUT2D eigenvalue weighted by atomic mass is 79.9. The summed E-state index contributed by atoms with van der Waals surface area (Å²) in [5.74, 6) is -0.240. The molecule has 0 radical (unpaired) electrons. The number of hydrogen-bond donors (Lipinski definition) is 2. The Kier molecular flexibility index (Phi) is 5.76. The van der Waals surface area contributed by atoms with Gasteiger partial charge in [0.1, 0.15) is 0 Å². The van der Waals surface area contributed by atoms with Gasteiger partial charge in [-0.2, -0.15) is 0 Å². The molecule has 0 aromatic heterocycles. The summed E-state index contributed by atoms with van der Waals surface area (Å²) in [7, 11) is 0. The fraction of sp³-hybridized carbons (Fsp3) is 0.0714. The molecule has 0 bridgehead atoms. The summed E-state index contributed by atoms with van der Waals surface area (Å²) in [5.41, 5.74) is 1.26. The van der Waals surface area contributed by atoms with Crippen molar-refractivity contribution in [2.75, 3.05) is 17.2 Å². The Balaban J connectivity index is 1.97. The van der Waals surface area contributed by atoms with Crippen molar-refractivity contribution < 1.29 is 4.79 Å². The predicted molar refractivity (Wildman–Crippen MR) is 92.7 cm³/mol. The molecule has 0 aliphatic carbocycles. The van der Waals surface area contributed by atoms with Gasteiger partial charge in [0.15, 0.2) is 0 Å². The van der Waals surface area contributed by atoms with E-state index in [1.54, 1.807) is 0 Å². The SMILES string of the molecule is O=C(CNc1cccc(Br)c1)Nc1cc(Cl)c(Cl)cc1Cl. The summed E-state index contributed by atoms with van der Waals surface area (Å²) in [6.45, 7) is 0.104. The lowest BCUT2D eigenvalue weighted by Crippen LogP contribution is -2.21. The first-order valence-corrected chi connectivity index (χ1v) is 7.82. The van der Waals surface area contributed by atoms with Crippen LogP contribution in [0.4, 0.5) is 11.4 Å². The van der Waals surface area contributed by atoms with Crippen LogP contribution in [0.3, 0.4) is 0 Å². The normalized spacial score (nSPS) is 10.3. The number of halogens is 4. The second kappa shape index (κ2) is 7.36. The van der Waals surface area contributed by atoms with Crippen molar-refractivity contribution >= 4 is 68.0 Å². The third-order valence-corrected chi connectivity index (χ3v) is 4.09. The highest BCUT2D eigenvalue weighted by Crippen LogP contribution is 2.32. The molecular formula is C14H10BrCl3N2O. The van der Waals surface area contributed by atoms with E-state index in [-0.39, 0.29) is 12.5 Å². The van der Waals surface area contributed by atoms with E-state index in [0.717, 1.165) is 10.2 Å². The number of nitrogens with one attached hydrogen (secondary N) is 2. The minimum absolute atomic E-state index is 0.104. The molecule has 2 aromatic rings. The zero-order chi connectivity index (χ0) is 15.4. The topological polar surface area (TPSA) is 41.1 Å². The second-order valence-electron chi connectivity index (χ2n) is 4.16. The molecule has 0 heterocycles. The van der Waals surface area contributed by atoms with E-state index >= 15 is 0 Å².